The summed E-state index contributed by atoms with van der Waals surface area (Å²) >= 11 is 3.17. The van der Waals surface area contributed by atoms with E-state index in [2.05, 4.69) is 26.2 Å². The van der Waals surface area contributed by atoms with E-state index in [0.29, 0.717) is 16.5 Å². The number of halogens is 3. The van der Waals surface area contributed by atoms with Gasteiger partial charge in [-0.15, -0.1) is 0 Å². The Labute approximate surface area is 125 Å². The maximum atomic E-state index is 13.8. The summed E-state index contributed by atoms with van der Waals surface area (Å²) < 4.78 is 27.5. The van der Waals surface area contributed by atoms with Gasteiger partial charge in [0.05, 0.1) is 10.7 Å². The first kappa shape index (κ1) is 15.1. The molecule has 0 amide bonds. The molecule has 0 saturated heterocycles. The van der Waals surface area contributed by atoms with E-state index in [1.54, 1.807) is 24.4 Å². The first-order valence-electron chi connectivity index (χ1n) is 6.38. The molecular formula is C15H15BrF2N2. The maximum Gasteiger partial charge on any atom is 0.146 e. The zero-order valence-corrected chi connectivity index (χ0v) is 12.6. The second kappa shape index (κ2) is 6.90. The molecule has 0 radical (unpaired) electrons. The SMILES string of the molecule is CCNC(Cc1ccc(F)c(Br)c1)c1ccncc1F. The van der Waals surface area contributed by atoms with E-state index in [9.17, 15) is 8.78 Å². The molecule has 1 unspecified atom stereocenters. The van der Waals surface area contributed by atoms with Gasteiger partial charge in [0.15, 0.2) is 0 Å². The van der Waals surface area contributed by atoms with Gasteiger partial charge in [0.25, 0.3) is 0 Å². The number of nitrogens with one attached hydrogen (secondary N) is 1. The quantitative estimate of drug-likeness (QED) is 0.889. The van der Waals surface area contributed by atoms with Crippen molar-refractivity contribution in [3.63, 3.8) is 0 Å². The second-order valence-electron chi connectivity index (χ2n) is 4.46. The maximum absolute atomic E-state index is 13.8. The Balaban J connectivity index is 2.25. The summed E-state index contributed by atoms with van der Waals surface area (Å²) in [6.07, 6.45) is 3.36. The zero-order chi connectivity index (χ0) is 14.5. The summed E-state index contributed by atoms with van der Waals surface area (Å²) in [4.78, 5) is 3.76. The van der Waals surface area contributed by atoms with Gasteiger partial charge in [0.2, 0.25) is 0 Å². The van der Waals surface area contributed by atoms with E-state index in [1.165, 1.54) is 12.3 Å². The predicted octanol–water partition coefficient (Wildman–Crippen LogP) is 4.02. The molecule has 0 aliphatic carbocycles. The van der Waals surface area contributed by atoms with Crippen molar-refractivity contribution < 1.29 is 8.78 Å². The van der Waals surface area contributed by atoms with Crippen LogP contribution in [0, 0.1) is 11.6 Å². The summed E-state index contributed by atoms with van der Waals surface area (Å²) in [6, 6.07) is 6.34. The van der Waals surface area contributed by atoms with Gasteiger partial charge in [-0.3, -0.25) is 4.98 Å². The van der Waals surface area contributed by atoms with Crippen LogP contribution in [0.4, 0.5) is 8.78 Å². The topological polar surface area (TPSA) is 24.9 Å². The van der Waals surface area contributed by atoms with Gasteiger partial charge < -0.3 is 5.32 Å². The Morgan fingerprint density at radius 2 is 2.05 bits per heavy atom. The normalized spacial score (nSPS) is 12.4. The molecule has 106 valence electrons. The molecule has 1 aromatic carbocycles. The van der Waals surface area contributed by atoms with Gasteiger partial charge in [-0.05, 0) is 52.7 Å². The van der Waals surface area contributed by atoms with Gasteiger partial charge in [0, 0.05) is 17.8 Å². The van der Waals surface area contributed by atoms with Crippen molar-refractivity contribution >= 4 is 15.9 Å². The highest BCUT2D eigenvalue weighted by molar-refractivity contribution is 9.10. The van der Waals surface area contributed by atoms with Crippen LogP contribution in [0.15, 0.2) is 41.1 Å². The average Bonchev–Trinajstić information content (AvgIpc) is 2.43. The molecule has 5 heteroatoms. The summed E-state index contributed by atoms with van der Waals surface area (Å²) in [6.45, 7) is 2.68. The van der Waals surface area contributed by atoms with Crippen molar-refractivity contribution in [3.05, 3.63) is 63.9 Å². The largest absolute Gasteiger partial charge is 0.310 e. The van der Waals surface area contributed by atoms with Crippen LogP contribution < -0.4 is 5.32 Å². The minimum Gasteiger partial charge on any atom is -0.310 e. The van der Waals surface area contributed by atoms with Crippen molar-refractivity contribution in [1.29, 1.82) is 0 Å². The fourth-order valence-corrected chi connectivity index (χ4v) is 2.54. The fraction of sp³-hybridized carbons (Fsp3) is 0.267. The third kappa shape index (κ3) is 3.61. The average molecular weight is 341 g/mol. The van der Waals surface area contributed by atoms with E-state index in [-0.39, 0.29) is 17.7 Å². The van der Waals surface area contributed by atoms with Crippen LogP contribution in [0.1, 0.15) is 24.1 Å². The molecule has 0 saturated carbocycles. The smallest absolute Gasteiger partial charge is 0.146 e. The number of pyridine rings is 1. The third-order valence-electron chi connectivity index (χ3n) is 3.05. The molecule has 1 heterocycles. The van der Waals surface area contributed by atoms with Crippen molar-refractivity contribution in [1.82, 2.24) is 10.3 Å². The van der Waals surface area contributed by atoms with E-state index < -0.39 is 0 Å². The third-order valence-corrected chi connectivity index (χ3v) is 3.66. The molecule has 0 bridgehead atoms. The monoisotopic (exact) mass is 340 g/mol. The molecule has 1 N–H and O–H groups in total. The Morgan fingerprint density at radius 1 is 1.25 bits per heavy atom. The minimum absolute atomic E-state index is 0.166. The van der Waals surface area contributed by atoms with E-state index in [1.807, 2.05) is 6.92 Å². The van der Waals surface area contributed by atoms with E-state index in [0.717, 1.165) is 12.1 Å². The van der Waals surface area contributed by atoms with Gasteiger partial charge in [-0.2, -0.15) is 0 Å². The molecule has 0 fully saturated rings. The van der Waals surface area contributed by atoms with Gasteiger partial charge in [-0.1, -0.05) is 13.0 Å². The highest BCUT2D eigenvalue weighted by Crippen LogP contribution is 2.23. The summed E-state index contributed by atoms with van der Waals surface area (Å²) in [5.41, 5.74) is 1.50. The summed E-state index contributed by atoms with van der Waals surface area (Å²) in [5.74, 6) is -0.636. The van der Waals surface area contributed by atoms with Crippen molar-refractivity contribution in [2.75, 3.05) is 6.54 Å². The molecule has 20 heavy (non-hydrogen) atoms. The number of nitrogens with zero attached hydrogens (tertiary/aromatic N) is 1. The van der Waals surface area contributed by atoms with E-state index >= 15 is 0 Å². The molecule has 0 spiro atoms. The van der Waals surface area contributed by atoms with Crippen LogP contribution in [-0.4, -0.2) is 11.5 Å². The lowest BCUT2D eigenvalue weighted by atomic mass is 9.99. The number of aromatic nitrogens is 1. The number of hydrogen-bond acceptors (Lipinski definition) is 2. The van der Waals surface area contributed by atoms with Crippen LogP contribution >= 0.6 is 15.9 Å². The number of likely N-dealkylation sites (N-methyl/N-ethyl adjacent to an activating group) is 1. The summed E-state index contributed by atoms with van der Waals surface area (Å²) in [5, 5.41) is 3.25. The molecule has 1 atom stereocenters. The Morgan fingerprint density at radius 3 is 2.70 bits per heavy atom. The number of hydrogen-bond donors (Lipinski definition) is 1. The van der Waals surface area contributed by atoms with Crippen LogP contribution in [-0.2, 0) is 6.42 Å². The van der Waals surface area contributed by atoms with Crippen LogP contribution in [0.5, 0.6) is 0 Å². The molecular weight excluding hydrogens is 326 g/mol. The molecule has 0 aliphatic rings. The Kier molecular flexibility index (Phi) is 5.20. The lowest BCUT2D eigenvalue weighted by Crippen LogP contribution is -2.24. The van der Waals surface area contributed by atoms with Crippen LogP contribution in [0.2, 0.25) is 0 Å². The van der Waals surface area contributed by atoms with Crippen molar-refractivity contribution in [2.45, 2.75) is 19.4 Å². The first-order valence-corrected chi connectivity index (χ1v) is 7.17. The molecule has 2 aromatic rings. The van der Waals surface area contributed by atoms with Crippen molar-refractivity contribution in [3.8, 4) is 0 Å². The molecule has 0 aliphatic heterocycles. The Bertz CT molecular complexity index is 590. The minimum atomic E-state index is -0.334. The van der Waals surface area contributed by atoms with Crippen molar-refractivity contribution in [2.24, 2.45) is 0 Å². The highest BCUT2D eigenvalue weighted by Gasteiger charge is 2.16. The van der Waals surface area contributed by atoms with Crippen LogP contribution in [0.3, 0.4) is 0 Å². The fourth-order valence-electron chi connectivity index (χ4n) is 2.11. The van der Waals surface area contributed by atoms with E-state index in [4.69, 9.17) is 0 Å². The second-order valence-corrected chi connectivity index (χ2v) is 5.31. The highest BCUT2D eigenvalue weighted by atomic mass is 79.9. The lowest BCUT2D eigenvalue weighted by molar-refractivity contribution is 0.507. The zero-order valence-electron chi connectivity index (χ0n) is 11.0. The molecule has 1 aromatic heterocycles. The predicted molar refractivity (Wildman–Crippen MR) is 78.4 cm³/mol. The first-order chi connectivity index (χ1) is 9.61. The van der Waals surface area contributed by atoms with Crippen LogP contribution in [0.25, 0.3) is 0 Å². The van der Waals surface area contributed by atoms with Gasteiger partial charge in [-0.25, -0.2) is 8.78 Å². The Hall–Kier alpha value is -1.33. The molecule has 2 rings (SSSR count). The van der Waals surface area contributed by atoms with Gasteiger partial charge in [0.1, 0.15) is 11.6 Å². The summed E-state index contributed by atoms with van der Waals surface area (Å²) in [7, 11) is 0. The van der Waals surface area contributed by atoms with Gasteiger partial charge >= 0.3 is 0 Å². The number of benzene rings is 1. The molecule has 2 nitrogen and oxygen atoms in total. The lowest BCUT2D eigenvalue weighted by Gasteiger charge is -2.19. The number of rotatable bonds is 5. The standard InChI is InChI=1S/C15H15BrF2N2/c1-2-20-15(11-5-6-19-9-14(11)18)8-10-3-4-13(17)12(16)7-10/h3-7,9,15,20H,2,8H2,1H3.